The molecular weight excluding hydrogens is 292 g/mol. The number of rotatable bonds is 7. The summed E-state index contributed by atoms with van der Waals surface area (Å²) in [6.45, 7) is 4.84. The van der Waals surface area contributed by atoms with Gasteiger partial charge in [0.05, 0.1) is 6.26 Å². The number of benzene rings is 1. The average molecular weight is 314 g/mol. The van der Waals surface area contributed by atoms with Crippen LogP contribution in [-0.4, -0.2) is 29.3 Å². The zero-order valence-corrected chi connectivity index (χ0v) is 13.5. The van der Waals surface area contributed by atoms with Crippen molar-refractivity contribution >= 4 is 11.8 Å². The molecule has 2 amide bonds. The Bertz CT molecular complexity index is 621. The maximum absolute atomic E-state index is 12.4. The standard InChI is InChI=1S/C18H22N2O3/c1-14(2)20(13-15-7-4-3-5-8-15)17(21)10-11-19-18(22)16-9-6-12-23-16/h3-9,12,14H,10-11,13H2,1-2H3,(H,19,22). The van der Waals surface area contributed by atoms with Gasteiger partial charge in [-0.2, -0.15) is 0 Å². The Labute approximate surface area is 136 Å². The van der Waals surface area contributed by atoms with Gasteiger partial charge in [0.1, 0.15) is 0 Å². The third-order valence-electron chi connectivity index (χ3n) is 3.51. The van der Waals surface area contributed by atoms with Crippen LogP contribution in [0.15, 0.2) is 53.1 Å². The van der Waals surface area contributed by atoms with Crippen LogP contribution < -0.4 is 5.32 Å². The van der Waals surface area contributed by atoms with Gasteiger partial charge in [-0.15, -0.1) is 0 Å². The number of amides is 2. The predicted molar refractivity (Wildman–Crippen MR) is 87.8 cm³/mol. The summed E-state index contributed by atoms with van der Waals surface area (Å²) >= 11 is 0. The molecule has 23 heavy (non-hydrogen) atoms. The number of nitrogens with zero attached hydrogens (tertiary/aromatic N) is 1. The van der Waals surface area contributed by atoms with Crippen molar-refractivity contribution in [3.63, 3.8) is 0 Å². The maximum Gasteiger partial charge on any atom is 0.286 e. The molecule has 2 aromatic rings. The minimum absolute atomic E-state index is 0.0172. The Morgan fingerprint density at radius 3 is 2.48 bits per heavy atom. The second kappa shape index (κ2) is 8.17. The lowest BCUT2D eigenvalue weighted by Crippen LogP contribution is -2.38. The highest BCUT2D eigenvalue weighted by Crippen LogP contribution is 2.10. The second-order valence-electron chi connectivity index (χ2n) is 5.58. The summed E-state index contributed by atoms with van der Waals surface area (Å²) in [5, 5.41) is 2.69. The molecule has 1 aromatic heterocycles. The van der Waals surface area contributed by atoms with Gasteiger partial charge in [-0.05, 0) is 31.5 Å². The van der Waals surface area contributed by atoms with Crippen molar-refractivity contribution in [2.75, 3.05) is 6.54 Å². The highest BCUT2D eigenvalue weighted by molar-refractivity contribution is 5.91. The molecule has 1 N–H and O–H groups in total. The van der Waals surface area contributed by atoms with Crippen LogP contribution in [0.3, 0.4) is 0 Å². The van der Waals surface area contributed by atoms with E-state index in [1.54, 1.807) is 12.1 Å². The summed E-state index contributed by atoms with van der Waals surface area (Å²) in [5.74, 6) is -0.0343. The van der Waals surface area contributed by atoms with Gasteiger partial charge in [-0.1, -0.05) is 30.3 Å². The van der Waals surface area contributed by atoms with E-state index in [0.717, 1.165) is 5.56 Å². The number of carbonyl (C=O) groups is 2. The monoisotopic (exact) mass is 314 g/mol. The van der Waals surface area contributed by atoms with E-state index in [4.69, 9.17) is 4.42 Å². The number of carbonyl (C=O) groups excluding carboxylic acids is 2. The fourth-order valence-electron chi connectivity index (χ4n) is 2.26. The third-order valence-corrected chi connectivity index (χ3v) is 3.51. The first-order valence-corrected chi connectivity index (χ1v) is 7.73. The first-order valence-electron chi connectivity index (χ1n) is 7.73. The molecule has 0 atom stereocenters. The summed E-state index contributed by atoms with van der Waals surface area (Å²) in [4.78, 5) is 26.0. The molecule has 0 aliphatic rings. The fraction of sp³-hybridized carbons (Fsp3) is 0.333. The largest absolute Gasteiger partial charge is 0.459 e. The van der Waals surface area contributed by atoms with Gasteiger partial charge in [0.2, 0.25) is 5.91 Å². The molecule has 0 unspecified atom stereocenters. The van der Waals surface area contributed by atoms with Crippen molar-refractivity contribution in [1.82, 2.24) is 10.2 Å². The minimum Gasteiger partial charge on any atom is -0.459 e. The molecule has 1 heterocycles. The molecule has 0 aliphatic heterocycles. The van der Waals surface area contributed by atoms with Gasteiger partial charge in [-0.25, -0.2) is 0 Å². The molecular formula is C18H22N2O3. The number of hydrogen-bond donors (Lipinski definition) is 1. The molecule has 0 saturated carbocycles. The van der Waals surface area contributed by atoms with Crippen molar-refractivity contribution in [2.24, 2.45) is 0 Å². The van der Waals surface area contributed by atoms with E-state index in [2.05, 4.69) is 5.32 Å². The van der Waals surface area contributed by atoms with E-state index < -0.39 is 0 Å². The quantitative estimate of drug-likeness (QED) is 0.855. The molecule has 0 fully saturated rings. The van der Waals surface area contributed by atoms with E-state index in [0.29, 0.717) is 6.54 Å². The number of nitrogens with one attached hydrogen (secondary N) is 1. The SMILES string of the molecule is CC(C)N(Cc1ccccc1)C(=O)CCNC(=O)c1ccco1. The topological polar surface area (TPSA) is 62.6 Å². The molecule has 0 saturated heterocycles. The van der Waals surface area contributed by atoms with Crippen LogP contribution in [-0.2, 0) is 11.3 Å². The Balaban J connectivity index is 1.85. The molecule has 0 radical (unpaired) electrons. The first kappa shape index (κ1) is 16.8. The Kier molecular flexibility index (Phi) is 5.97. The summed E-state index contributed by atoms with van der Waals surface area (Å²) in [6, 6.07) is 13.2. The highest BCUT2D eigenvalue weighted by atomic mass is 16.3. The lowest BCUT2D eigenvalue weighted by molar-refractivity contribution is -0.133. The molecule has 0 bridgehead atoms. The molecule has 1 aromatic carbocycles. The zero-order valence-electron chi connectivity index (χ0n) is 13.5. The third kappa shape index (κ3) is 4.98. The summed E-state index contributed by atoms with van der Waals surface area (Å²) in [5.41, 5.74) is 1.09. The van der Waals surface area contributed by atoms with Gasteiger partial charge in [0, 0.05) is 25.6 Å². The molecule has 0 spiro atoms. The van der Waals surface area contributed by atoms with E-state index >= 15 is 0 Å². The molecule has 0 aliphatic carbocycles. The van der Waals surface area contributed by atoms with Gasteiger partial charge in [0.15, 0.2) is 5.76 Å². The zero-order chi connectivity index (χ0) is 16.7. The lowest BCUT2D eigenvalue weighted by Gasteiger charge is -2.27. The first-order chi connectivity index (χ1) is 11.1. The van der Waals surface area contributed by atoms with Crippen LogP contribution in [0, 0.1) is 0 Å². The molecule has 122 valence electrons. The Morgan fingerprint density at radius 2 is 1.87 bits per heavy atom. The fourth-order valence-corrected chi connectivity index (χ4v) is 2.26. The van der Waals surface area contributed by atoms with Gasteiger partial charge in [-0.3, -0.25) is 9.59 Å². The van der Waals surface area contributed by atoms with E-state index in [-0.39, 0.29) is 36.6 Å². The van der Waals surface area contributed by atoms with Crippen LogP contribution in [0.25, 0.3) is 0 Å². The van der Waals surface area contributed by atoms with Crippen LogP contribution >= 0.6 is 0 Å². The minimum atomic E-state index is -0.304. The van der Waals surface area contributed by atoms with Crippen LogP contribution in [0.5, 0.6) is 0 Å². The second-order valence-corrected chi connectivity index (χ2v) is 5.58. The van der Waals surface area contributed by atoms with E-state index in [1.165, 1.54) is 6.26 Å². The Hall–Kier alpha value is -2.56. The highest BCUT2D eigenvalue weighted by Gasteiger charge is 2.17. The van der Waals surface area contributed by atoms with Gasteiger partial charge in [0.25, 0.3) is 5.91 Å². The number of hydrogen-bond acceptors (Lipinski definition) is 3. The molecule has 5 nitrogen and oxygen atoms in total. The summed E-state index contributed by atoms with van der Waals surface area (Å²) in [6.07, 6.45) is 1.71. The van der Waals surface area contributed by atoms with Crippen molar-refractivity contribution in [3.8, 4) is 0 Å². The van der Waals surface area contributed by atoms with Crippen molar-refractivity contribution in [2.45, 2.75) is 32.9 Å². The van der Waals surface area contributed by atoms with Crippen molar-refractivity contribution in [3.05, 3.63) is 60.1 Å². The normalized spacial score (nSPS) is 10.6. The van der Waals surface area contributed by atoms with Crippen LogP contribution in [0.4, 0.5) is 0 Å². The van der Waals surface area contributed by atoms with E-state index in [1.807, 2.05) is 49.1 Å². The summed E-state index contributed by atoms with van der Waals surface area (Å²) in [7, 11) is 0. The van der Waals surface area contributed by atoms with Crippen molar-refractivity contribution < 1.29 is 14.0 Å². The molecule has 5 heteroatoms. The average Bonchev–Trinajstić information content (AvgIpc) is 3.07. The van der Waals surface area contributed by atoms with Gasteiger partial charge < -0.3 is 14.6 Å². The van der Waals surface area contributed by atoms with E-state index in [9.17, 15) is 9.59 Å². The maximum atomic E-state index is 12.4. The lowest BCUT2D eigenvalue weighted by atomic mass is 10.1. The van der Waals surface area contributed by atoms with Gasteiger partial charge >= 0.3 is 0 Å². The van der Waals surface area contributed by atoms with Crippen LogP contribution in [0.1, 0.15) is 36.4 Å². The van der Waals surface area contributed by atoms with Crippen LogP contribution in [0.2, 0.25) is 0 Å². The summed E-state index contributed by atoms with van der Waals surface area (Å²) < 4.78 is 5.01. The predicted octanol–water partition coefficient (Wildman–Crippen LogP) is 2.84. The smallest absolute Gasteiger partial charge is 0.286 e. The van der Waals surface area contributed by atoms with Crippen molar-refractivity contribution in [1.29, 1.82) is 0 Å². The Morgan fingerprint density at radius 1 is 1.13 bits per heavy atom. The molecule has 2 rings (SSSR count). The number of furan rings is 1.